The van der Waals surface area contributed by atoms with Crippen LogP contribution in [0.15, 0.2) is 64.9 Å². The normalized spacial score (nSPS) is 12.0. The van der Waals surface area contributed by atoms with Gasteiger partial charge in [-0.1, -0.05) is 42.5 Å². The molecular formula is C19H15NO2S2. The molecule has 0 atom stereocenters. The predicted molar refractivity (Wildman–Crippen MR) is 99.2 cm³/mol. The second-order valence-corrected chi connectivity index (χ2v) is 9.10. The van der Waals surface area contributed by atoms with E-state index in [1.54, 1.807) is 6.07 Å². The van der Waals surface area contributed by atoms with Crippen molar-refractivity contribution in [2.24, 2.45) is 0 Å². The van der Waals surface area contributed by atoms with Gasteiger partial charge in [-0.15, -0.1) is 11.3 Å². The summed E-state index contributed by atoms with van der Waals surface area (Å²) in [6, 6.07) is 19.1. The van der Waals surface area contributed by atoms with Crippen molar-refractivity contribution < 1.29 is 8.42 Å². The molecule has 0 spiro atoms. The minimum atomic E-state index is -3.40. The molecule has 0 aliphatic rings. The molecule has 0 aliphatic carbocycles. The van der Waals surface area contributed by atoms with Crippen LogP contribution in [0.2, 0.25) is 0 Å². The van der Waals surface area contributed by atoms with E-state index in [9.17, 15) is 8.42 Å². The topological polar surface area (TPSA) is 47.0 Å². The quantitative estimate of drug-likeness (QED) is 0.535. The Morgan fingerprint density at radius 3 is 2.58 bits per heavy atom. The summed E-state index contributed by atoms with van der Waals surface area (Å²) >= 11 is 1.32. The van der Waals surface area contributed by atoms with Crippen LogP contribution in [0.4, 0.5) is 0 Å². The first-order chi connectivity index (χ1) is 11.5. The Morgan fingerprint density at radius 2 is 1.75 bits per heavy atom. The smallest absolute Gasteiger partial charge is 0.191 e. The fourth-order valence-corrected chi connectivity index (χ4v) is 5.65. The molecule has 24 heavy (non-hydrogen) atoms. The highest BCUT2D eigenvalue weighted by Crippen LogP contribution is 2.31. The lowest BCUT2D eigenvalue weighted by atomic mass is 10.1. The lowest BCUT2D eigenvalue weighted by Crippen LogP contribution is -2.04. The number of benzene rings is 2. The van der Waals surface area contributed by atoms with Crippen molar-refractivity contribution in [1.82, 2.24) is 4.98 Å². The zero-order valence-corrected chi connectivity index (χ0v) is 14.7. The number of aryl methyl sites for hydroxylation is 1. The van der Waals surface area contributed by atoms with Crippen molar-refractivity contribution in [2.75, 3.05) is 0 Å². The number of pyridine rings is 1. The first-order valence-electron chi connectivity index (χ1n) is 7.59. The van der Waals surface area contributed by atoms with E-state index in [1.807, 2.05) is 61.5 Å². The lowest BCUT2D eigenvalue weighted by Gasteiger charge is -2.07. The summed E-state index contributed by atoms with van der Waals surface area (Å²) in [5.74, 6) is -0.0341. The van der Waals surface area contributed by atoms with Gasteiger partial charge in [0.1, 0.15) is 4.21 Å². The van der Waals surface area contributed by atoms with Gasteiger partial charge in [-0.2, -0.15) is 0 Å². The fraction of sp³-hybridized carbons (Fsp3) is 0.105. The number of thiophene rings is 1. The molecule has 4 aromatic rings. The highest BCUT2D eigenvalue weighted by atomic mass is 32.2. The van der Waals surface area contributed by atoms with Crippen molar-refractivity contribution >= 4 is 42.2 Å². The Balaban J connectivity index is 1.80. The lowest BCUT2D eigenvalue weighted by molar-refractivity contribution is 0.597. The van der Waals surface area contributed by atoms with Crippen LogP contribution < -0.4 is 0 Å². The van der Waals surface area contributed by atoms with E-state index in [4.69, 9.17) is 0 Å². The second-order valence-electron chi connectivity index (χ2n) is 5.80. The van der Waals surface area contributed by atoms with Gasteiger partial charge in [-0.25, -0.2) is 8.42 Å². The molecule has 2 heterocycles. The second kappa shape index (κ2) is 5.69. The van der Waals surface area contributed by atoms with E-state index in [2.05, 4.69) is 4.98 Å². The van der Waals surface area contributed by atoms with Gasteiger partial charge in [0.05, 0.1) is 11.3 Å². The molecule has 0 saturated carbocycles. The number of aromatic nitrogens is 1. The SMILES string of the molecule is Cc1ccc2cccc(CS(=O)(=O)c3cc4ccccc4s3)c2n1. The first kappa shape index (κ1) is 15.3. The maximum absolute atomic E-state index is 12.9. The van der Waals surface area contributed by atoms with Gasteiger partial charge in [0, 0.05) is 15.8 Å². The summed E-state index contributed by atoms with van der Waals surface area (Å²) in [7, 11) is -3.40. The van der Waals surface area contributed by atoms with Crippen LogP contribution >= 0.6 is 11.3 Å². The maximum atomic E-state index is 12.9. The molecule has 0 bridgehead atoms. The number of para-hydroxylation sites is 1. The summed E-state index contributed by atoms with van der Waals surface area (Å²) in [6.45, 7) is 1.91. The van der Waals surface area contributed by atoms with Crippen molar-refractivity contribution in [1.29, 1.82) is 0 Å². The van der Waals surface area contributed by atoms with Gasteiger partial charge in [-0.05, 0) is 36.1 Å². The molecule has 2 aromatic heterocycles. The highest BCUT2D eigenvalue weighted by molar-refractivity contribution is 7.92. The van der Waals surface area contributed by atoms with Crippen molar-refractivity contribution in [3.63, 3.8) is 0 Å². The van der Waals surface area contributed by atoms with Crippen molar-refractivity contribution in [2.45, 2.75) is 16.9 Å². The largest absolute Gasteiger partial charge is 0.253 e. The number of rotatable bonds is 3. The van der Waals surface area contributed by atoms with Gasteiger partial charge in [0.25, 0.3) is 0 Å². The Kier molecular flexibility index (Phi) is 3.62. The third-order valence-corrected chi connectivity index (χ3v) is 7.34. The molecule has 0 fully saturated rings. The van der Waals surface area contributed by atoms with Crippen molar-refractivity contribution in [3.8, 4) is 0 Å². The van der Waals surface area contributed by atoms with E-state index < -0.39 is 9.84 Å². The van der Waals surface area contributed by atoms with Gasteiger partial charge in [0.15, 0.2) is 9.84 Å². The number of hydrogen-bond donors (Lipinski definition) is 0. The highest BCUT2D eigenvalue weighted by Gasteiger charge is 2.20. The van der Waals surface area contributed by atoms with E-state index in [0.717, 1.165) is 32.2 Å². The molecular weight excluding hydrogens is 338 g/mol. The molecule has 0 radical (unpaired) electrons. The van der Waals surface area contributed by atoms with E-state index in [-0.39, 0.29) is 5.75 Å². The van der Waals surface area contributed by atoms with Crippen molar-refractivity contribution in [3.05, 3.63) is 71.9 Å². The van der Waals surface area contributed by atoms with E-state index in [0.29, 0.717) is 4.21 Å². The number of nitrogens with zero attached hydrogens (tertiary/aromatic N) is 1. The Hall–Kier alpha value is -2.24. The van der Waals surface area contributed by atoms with Crippen LogP contribution in [-0.2, 0) is 15.6 Å². The molecule has 0 amide bonds. The van der Waals surface area contributed by atoms with Gasteiger partial charge < -0.3 is 0 Å². The maximum Gasteiger partial charge on any atom is 0.191 e. The van der Waals surface area contributed by atoms with Gasteiger partial charge in [-0.3, -0.25) is 4.98 Å². The standard InChI is InChI=1S/C19H15NO2S2/c1-13-9-10-14-6-4-7-16(19(14)20-13)12-24(21,22)18-11-15-5-2-3-8-17(15)23-18/h2-11H,12H2,1H3. The number of fused-ring (bicyclic) bond motifs is 2. The number of sulfone groups is 1. The third kappa shape index (κ3) is 2.70. The Labute approximate surface area is 144 Å². The van der Waals surface area contributed by atoms with Crippen LogP contribution in [0.1, 0.15) is 11.3 Å². The predicted octanol–water partition coefficient (Wildman–Crippen LogP) is 4.73. The minimum absolute atomic E-state index is 0.0341. The van der Waals surface area contributed by atoms with Crippen LogP contribution in [0.5, 0.6) is 0 Å². The molecule has 0 N–H and O–H groups in total. The molecule has 3 nitrogen and oxygen atoms in total. The summed E-state index contributed by atoms with van der Waals surface area (Å²) in [6.07, 6.45) is 0. The zero-order valence-electron chi connectivity index (χ0n) is 13.1. The Morgan fingerprint density at radius 1 is 0.958 bits per heavy atom. The molecule has 120 valence electrons. The average molecular weight is 353 g/mol. The molecule has 0 unspecified atom stereocenters. The fourth-order valence-electron chi connectivity index (χ4n) is 2.81. The van der Waals surface area contributed by atoms with Gasteiger partial charge in [0.2, 0.25) is 0 Å². The summed E-state index contributed by atoms with van der Waals surface area (Å²) in [5, 5.41) is 1.93. The monoisotopic (exact) mass is 353 g/mol. The van der Waals surface area contributed by atoms with Crippen LogP contribution in [0.25, 0.3) is 21.0 Å². The molecule has 5 heteroatoms. The summed E-state index contributed by atoms with van der Waals surface area (Å²) in [5.41, 5.74) is 2.39. The first-order valence-corrected chi connectivity index (χ1v) is 10.1. The van der Waals surface area contributed by atoms with Crippen LogP contribution in [-0.4, -0.2) is 13.4 Å². The number of hydrogen-bond acceptors (Lipinski definition) is 4. The Bertz CT molecular complexity index is 1130. The summed E-state index contributed by atoms with van der Waals surface area (Å²) in [4.78, 5) is 4.54. The van der Waals surface area contributed by atoms with E-state index >= 15 is 0 Å². The van der Waals surface area contributed by atoms with Crippen LogP contribution in [0, 0.1) is 6.92 Å². The van der Waals surface area contributed by atoms with Crippen LogP contribution in [0.3, 0.4) is 0 Å². The molecule has 4 rings (SSSR count). The van der Waals surface area contributed by atoms with Gasteiger partial charge >= 0.3 is 0 Å². The van der Waals surface area contributed by atoms with E-state index in [1.165, 1.54) is 11.3 Å². The molecule has 0 saturated heterocycles. The summed E-state index contributed by atoms with van der Waals surface area (Å²) < 4.78 is 27.2. The third-order valence-electron chi connectivity index (χ3n) is 4.00. The zero-order chi connectivity index (χ0) is 16.7. The average Bonchev–Trinajstić information content (AvgIpc) is 3.00. The molecule has 0 aliphatic heterocycles. The minimum Gasteiger partial charge on any atom is -0.253 e. The molecule has 2 aromatic carbocycles.